The van der Waals surface area contributed by atoms with Gasteiger partial charge in [0, 0.05) is 38.2 Å². The van der Waals surface area contributed by atoms with Gasteiger partial charge in [-0.1, -0.05) is 0 Å². The summed E-state index contributed by atoms with van der Waals surface area (Å²) in [4.78, 5) is 17.5. The van der Waals surface area contributed by atoms with Crippen LogP contribution in [0.5, 0.6) is 0 Å². The molecule has 0 aromatic carbocycles. The molecular weight excluding hydrogens is 264 g/mol. The van der Waals surface area contributed by atoms with Crippen molar-refractivity contribution in [1.82, 2.24) is 9.88 Å². The molecule has 19 heavy (non-hydrogen) atoms. The highest BCUT2D eigenvalue weighted by atomic mass is 32.2. The Kier molecular flexibility index (Phi) is 5.95. The zero-order chi connectivity index (χ0) is 14.3. The maximum atomic E-state index is 11.9. The SMILES string of the molecule is CCN(CCc1ccncc1)C(=O)CCS(C)(=O)=O. The van der Waals surface area contributed by atoms with E-state index in [9.17, 15) is 13.2 Å². The lowest BCUT2D eigenvalue weighted by atomic mass is 10.2. The van der Waals surface area contributed by atoms with E-state index >= 15 is 0 Å². The lowest BCUT2D eigenvalue weighted by Crippen LogP contribution is -2.33. The molecule has 5 nitrogen and oxygen atoms in total. The van der Waals surface area contributed by atoms with Gasteiger partial charge in [0.2, 0.25) is 5.91 Å². The van der Waals surface area contributed by atoms with Crippen molar-refractivity contribution in [2.24, 2.45) is 0 Å². The van der Waals surface area contributed by atoms with E-state index in [0.717, 1.165) is 18.2 Å². The molecule has 1 amide bonds. The zero-order valence-electron chi connectivity index (χ0n) is 11.4. The standard InChI is InChI=1S/C13H20N2O3S/c1-3-15(13(16)7-11-19(2,17)18)10-6-12-4-8-14-9-5-12/h4-5,8-9H,3,6-7,10-11H2,1-2H3. The van der Waals surface area contributed by atoms with Gasteiger partial charge in [-0.05, 0) is 31.0 Å². The van der Waals surface area contributed by atoms with Crippen molar-refractivity contribution < 1.29 is 13.2 Å². The Labute approximate surface area is 114 Å². The van der Waals surface area contributed by atoms with Gasteiger partial charge in [-0.3, -0.25) is 9.78 Å². The Morgan fingerprint density at radius 3 is 2.47 bits per heavy atom. The molecule has 0 aliphatic rings. The largest absolute Gasteiger partial charge is 0.343 e. The molecule has 0 atom stereocenters. The van der Waals surface area contributed by atoms with Crippen molar-refractivity contribution in [3.8, 4) is 0 Å². The average molecular weight is 284 g/mol. The first-order valence-corrected chi connectivity index (χ1v) is 8.33. The molecule has 1 rings (SSSR count). The average Bonchev–Trinajstić information content (AvgIpc) is 2.37. The van der Waals surface area contributed by atoms with Crippen LogP contribution >= 0.6 is 0 Å². The molecule has 0 unspecified atom stereocenters. The van der Waals surface area contributed by atoms with E-state index in [-0.39, 0.29) is 18.1 Å². The third-order valence-electron chi connectivity index (χ3n) is 2.84. The molecule has 1 aromatic rings. The Bertz CT molecular complexity index is 500. The fraction of sp³-hybridized carbons (Fsp3) is 0.538. The lowest BCUT2D eigenvalue weighted by Gasteiger charge is -2.20. The van der Waals surface area contributed by atoms with E-state index in [1.54, 1.807) is 17.3 Å². The van der Waals surface area contributed by atoms with Gasteiger partial charge >= 0.3 is 0 Å². The fourth-order valence-electron chi connectivity index (χ4n) is 1.70. The summed E-state index contributed by atoms with van der Waals surface area (Å²) in [6, 6.07) is 3.82. The van der Waals surface area contributed by atoms with Gasteiger partial charge in [-0.15, -0.1) is 0 Å². The molecule has 0 aliphatic heterocycles. The zero-order valence-corrected chi connectivity index (χ0v) is 12.2. The second-order valence-corrected chi connectivity index (χ2v) is 6.72. The van der Waals surface area contributed by atoms with E-state index in [0.29, 0.717) is 13.1 Å². The van der Waals surface area contributed by atoms with Crippen LogP contribution in [-0.2, 0) is 21.1 Å². The second kappa shape index (κ2) is 7.23. The summed E-state index contributed by atoms with van der Waals surface area (Å²) in [5.74, 6) is -0.195. The lowest BCUT2D eigenvalue weighted by molar-refractivity contribution is -0.130. The Hall–Kier alpha value is -1.43. The van der Waals surface area contributed by atoms with Gasteiger partial charge in [0.1, 0.15) is 9.84 Å². The summed E-state index contributed by atoms with van der Waals surface area (Å²) in [5, 5.41) is 0. The van der Waals surface area contributed by atoms with E-state index in [1.807, 2.05) is 19.1 Å². The number of rotatable bonds is 7. The number of hydrogen-bond donors (Lipinski definition) is 0. The maximum absolute atomic E-state index is 11.9. The summed E-state index contributed by atoms with van der Waals surface area (Å²) in [6.45, 7) is 3.09. The molecule has 0 bridgehead atoms. The minimum Gasteiger partial charge on any atom is -0.343 e. The molecule has 0 saturated carbocycles. The molecule has 0 saturated heterocycles. The normalized spacial score (nSPS) is 11.3. The molecule has 0 fully saturated rings. The summed E-state index contributed by atoms with van der Waals surface area (Å²) in [5.41, 5.74) is 1.12. The first-order valence-electron chi connectivity index (χ1n) is 6.27. The van der Waals surface area contributed by atoms with Gasteiger partial charge < -0.3 is 4.90 Å². The van der Waals surface area contributed by atoms with Crippen molar-refractivity contribution >= 4 is 15.7 Å². The van der Waals surface area contributed by atoms with Crippen LogP contribution in [0.15, 0.2) is 24.5 Å². The van der Waals surface area contributed by atoms with Gasteiger partial charge in [-0.2, -0.15) is 0 Å². The van der Waals surface area contributed by atoms with E-state index in [1.165, 1.54) is 0 Å². The Morgan fingerprint density at radius 1 is 1.32 bits per heavy atom. The van der Waals surface area contributed by atoms with Gasteiger partial charge in [0.05, 0.1) is 5.75 Å². The molecule has 6 heteroatoms. The van der Waals surface area contributed by atoms with Gasteiger partial charge in [0.25, 0.3) is 0 Å². The summed E-state index contributed by atoms with van der Waals surface area (Å²) >= 11 is 0. The topological polar surface area (TPSA) is 67.3 Å². The van der Waals surface area contributed by atoms with Crippen LogP contribution in [0, 0.1) is 0 Å². The first kappa shape index (κ1) is 15.6. The predicted molar refractivity (Wildman–Crippen MR) is 74.5 cm³/mol. The molecule has 0 radical (unpaired) electrons. The summed E-state index contributed by atoms with van der Waals surface area (Å²) < 4.78 is 22.1. The smallest absolute Gasteiger partial charge is 0.223 e. The number of sulfone groups is 1. The number of pyridine rings is 1. The number of carbonyl (C=O) groups is 1. The molecule has 0 N–H and O–H groups in total. The van der Waals surface area contributed by atoms with Crippen LogP contribution in [0.25, 0.3) is 0 Å². The minimum atomic E-state index is -3.08. The second-order valence-electron chi connectivity index (χ2n) is 4.46. The third kappa shape index (κ3) is 6.33. The summed E-state index contributed by atoms with van der Waals surface area (Å²) in [6.07, 6.45) is 5.39. The van der Waals surface area contributed by atoms with E-state index in [2.05, 4.69) is 4.98 Å². The molecule has 0 aliphatic carbocycles. The monoisotopic (exact) mass is 284 g/mol. The van der Waals surface area contributed by atoms with E-state index < -0.39 is 9.84 Å². The number of amides is 1. The van der Waals surface area contributed by atoms with Crippen molar-refractivity contribution in [3.63, 3.8) is 0 Å². The fourth-order valence-corrected chi connectivity index (χ4v) is 2.25. The van der Waals surface area contributed by atoms with Crippen molar-refractivity contribution in [2.45, 2.75) is 19.8 Å². The van der Waals surface area contributed by atoms with Crippen molar-refractivity contribution in [2.75, 3.05) is 25.1 Å². The Balaban J connectivity index is 2.47. The Morgan fingerprint density at radius 2 is 1.95 bits per heavy atom. The highest BCUT2D eigenvalue weighted by molar-refractivity contribution is 7.90. The third-order valence-corrected chi connectivity index (χ3v) is 3.79. The summed E-state index contributed by atoms with van der Waals surface area (Å²) in [7, 11) is -3.08. The number of carbonyl (C=O) groups excluding carboxylic acids is 1. The van der Waals surface area contributed by atoms with Crippen LogP contribution in [0.4, 0.5) is 0 Å². The highest BCUT2D eigenvalue weighted by Gasteiger charge is 2.14. The molecule has 1 aromatic heterocycles. The van der Waals surface area contributed by atoms with Crippen LogP contribution in [0.2, 0.25) is 0 Å². The van der Waals surface area contributed by atoms with Crippen LogP contribution in [-0.4, -0.2) is 49.3 Å². The van der Waals surface area contributed by atoms with Crippen LogP contribution < -0.4 is 0 Å². The van der Waals surface area contributed by atoms with Gasteiger partial charge in [-0.25, -0.2) is 8.42 Å². The molecule has 106 valence electrons. The predicted octanol–water partition coefficient (Wildman–Crippen LogP) is 0.907. The first-order chi connectivity index (χ1) is 8.92. The molecular formula is C13H20N2O3S. The molecule has 1 heterocycles. The van der Waals surface area contributed by atoms with E-state index in [4.69, 9.17) is 0 Å². The van der Waals surface area contributed by atoms with Crippen molar-refractivity contribution in [1.29, 1.82) is 0 Å². The maximum Gasteiger partial charge on any atom is 0.223 e. The van der Waals surface area contributed by atoms with Crippen LogP contribution in [0.1, 0.15) is 18.9 Å². The van der Waals surface area contributed by atoms with Gasteiger partial charge in [0.15, 0.2) is 0 Å². The van der Waals surface area contributed by atoms with Crippen molar-refractivity contribution in [3.05, 3.63) is 30.1 Å². The quantitative estimate of drug-likeness (QED) is 0.746. The minimum absolute atomic E-state index is 0.0586. The van der Waals surface area contributed by atoms with Crippen LogP contribution in [0.3, 0.4) is 0 Å². The number of nitrogens with zero attached hydrogens (tertiary/aromatic N) is 2. The molecule has 0 spiro atoms. The number of hydrogen-bond acceptors (Lipinski definition) is 4. The highest BCUT2D eigenvalue weighted by Crippen LogP contribution is 2.02. The number of aromatic nitrogens is 1. The number of likely N-dealkylation sites (N-methyl/N-ethyl adjacent to an activating group) is 1.